The van der Waals surface area contributed by atoms with Gasteiger partial charge < -0.3 is 24.0 Å². The summed E-state index contributed by atoms with van der Waals surface area (Å²) in [5, 5.41) is 3.63. The van der Waals surface area contributed by atoms with Gasteiger partial charge in [0.05, 0.1) is 27.4 Å². The summed E-state index contributed by atoms with van der Waals surface area (Å²) in [4.78, 5) is 23.7. The predicted molar refractivity (Wildman–Crippen MR) is 178 cm³/mol. The average Bonchev–Trinajstić information content (AvgIpc) is 3.69. The van der Waals surface area contributed by atoms with Crippen LogP contribution in [-0.4, -0.2) is 94.9 Å². The van der Waals surface area contributed by atoms with Gasteiger partial charge >= 0.3 is 5.96 Å². The lowest BCUT2D eigenvalue weighted by Gasteiger charge is -2.35. The highest BCUT2D eigenvalue weighted by atomic mass is 16.5. The molecule has 0 aromatic heterocycles. The lowest BCUT2D eigenvalue weighted by atomic mass is 9.76. The number of guanidine groups is 1. The fourth-order valence-corrected chi connectivity index (χ4v) is 7.62. The minimum absolute atomic E-state index is 0.0125. The van der Waals surface area contributed by atoms with Gasteiger partial charge in [-0.25, -0.2) is 9.48 Å². The van der Waals surface area contributed by atoms with Crippen LogP contribution in [0, 0.1) is 0 Å². The molecule has 0 saturated carbocycles. The summed E-state index contributed by atoms with van der Waals surface area (Å²) >= 11 is 0. The van der Waals surface area contributed by atoms with Gasteiger partial charge in [-0.15, -0.1) is 0 Å². The number of hydrogen-bond donors (Lipinski definition) is 1. The molecule has 1 amide bonds. The molecule has 236 valence electrons. The number of aliphatic imine (C=N–C) groups is 1. The van der Waals surface area contributed by atoms with Gasteiger partial charge in [-0.2, -0.15) is 0 Å². The largest absolute Gasteiger partial charge is 0.493 e. The molecule has 0 radical (unpaired) electrons. The first kappa shape index (κ1) is 29.6. The van der Waals surface area contributed by atoms with Crippen molar-refractivity contribution in [3.8, 4) is 17.2 Å². The fraction of sp³-hybridized carbons (Fsp3) is 0.444. The molecule has 3 aromatic carbocycles. The second-order valence-electron chi connectivity index (χ2n) is 12.9. The van der Waals surface area contributed by atoms with Gasteiger partial charge in [-0.05, 0) is 56.0 Å². The molecule has 4 heterocycles. The first-order valence-corrected chi connectivity index (χ1v) is 16.2. The summed E-state index contributed by atoms with van der Waals surface area (Å²) < 4.78 is 17.4. The number of carbonyl (C=O) groups is 1. The van der Waals surface area contributed by atoms with Crippen LogP contribution in [0.25, 0.3) is 0 Å². The molecule has 7 rings (SSSR count). The summed E-state index contributed by atoms with van der Waals surface area (Å²) in [7, 11) is 4.72. The predicted octanol–water partition coefficient (Wildman–Crippen LogP) is 5.15. The Morgan fingerprint density at radius 3 is 2.29 bits per heavy atom. The first-order valence-electron chi connectivity index (χ1n) is 16.2. The molecule has 9 heteroatoms. The molecule has 0 bridgehead atoms. The van der Waals surface area contributed by atoms with Crippen LogP contribution in [0.15, 0.2) is 71.7 Å². The standard InChI is InChI=1S/C36H44N5O4/c1-43-31-23-26(24-32(44-2)33(31)45-3)34(42)40-20-16-36(25-40,27-9-5-4-6-10-27)15-19-39-17-13-28(14-18-39)37-35-38-29-11-7-8-12-30(29)41(35)21-22-41/h4-12,23-24,28H,13-22,25H2,1-3H3,(H,37,38)/q+1. The number of anilines is 1. The molecular weight excluding hydrogens is 566 g/mol. The third-order valence-corrected chi connectivity index (χ3v) is 10.4. The van der Waals surface area contributed by atoms with E-state index >= 15 is 0 Å². The van der Waals surface area contributed by atoms with Gasteiger partial charge in [0.1, 0.15) is 18.8 Å². The maximum Gasteiger partial charge on any atom is 0.308 e. The minimum Gasteiger partial charge on any atom is -0.493 e. The highest BCUT2D eigenvalue weighted by Crippen LogP contribution is 2.45. The van der Waals surface area contributed by atoms with Crippen LogP contribution in [0.1, 0.15) is 41.6 Å². The summed E-state index contributed by atoms with van der Waals surface area (Å²) in [6.07, 6.45) is 4.09. The number of amides is 1. The Hall–Kier alpha value is -4.08. The number of benzene rings is 3. The van der Waals surface area contributed by atoms with Gasteiger partial charge in [0, 0.05) is 43.2 Å². The van der Waals surface area contributed by atoms with Crippen LogP contribution < -0.4 is 24.0 Å². The molecule has 3 aromatic rings. The van der Waals surface area contributed by atoms with Crippen LogP contribution in [0.3, 0.4) is 0 Å². The van der Waals surface area contributed by atoms with Crippen LogP contribution >= 0.6 is 0 Å². The zero-order valence-corrected chi connectivity index (χ0v) is 26.6. The highest BCUT2D eigenvalue weighted by molar-refractivity contribution is 6.12. The summed E-state index contributed by atoms with van der Waals surface area (Å²) in [6, 6.07) is 23.3. The number of nitrogens with zero attached hydrogens (tertiary/aromatic N) is 4. The number of piperidine rings is 1. The quantitative estimate of drug-likeness (QED) is 0.267. The number of carbonyl (C=O) groups excluding carboxylic acids is 1. The molecule has 1 spiro atoms. The van der Waals surface area contributed by atoms with Crippen molar-refractivity contribution in [2.45, 2.75) is 37.1 Å². The molecule has 1 unspecified atom stereocenters. The molecule has 3 saturated heterocycles. The van der Waals surface area contributed by atoms with E-state index in [1.165, 1.54) is 16.9 Å². The highest BCUT2D eigenvalue weighted by Gasteiger charge is 2.56. The minimum atomic E-state index is -0.0932. The van der Waals surface area contributed by atoms with E-state index in [-0.39, 0.29) is 11.3 Å². The molecule has 1 atom stereocenters. The van der Waals surface area contributed by atoms with Gasteiger partial charge in [0.25, 0.3) is 5.91 Å². The second kappa shape index (κ2) is 12.0. The number of fused-ring (bicyclic) bond motifs is 2. The van der Waals surface area contributed by atoms with Crippen molar-refractivity contribution in [1.82, 2.24) is 14.3 Å². The number of quaternary nitrogens is 1. The normalized spacial score (nSPS) is 23.2. The lowest BCUT2D eigenvalue weighted by Crippen LogP contribution is -2.42. The molecule has 0 aliphatic carbocycles. The van der Waals surface area contributed by atoms with Crippen molar-refractivity contribution in [2.24, 2.45) is 4.99 Å². The number of nitrogens with one attached hydrogen (secondary N) is 1. The average molecular weight is 611 g/mol. The first-order chi connectivity index (χ1) is 22.0. The van der Waals surface area contributed by atoms with Crippen LogP contribution in [-0.2, 0) is 5.41 Å². The third-order valence-electron chi connectivity index (χ3n) is 10.4. The monoisotopic (exact) mass is 610 g/mol. The van der Waals surface area contributed by atoms with Crippen LogP contribution in [0.5, 0.6) is 17.2 Å². The van der Waals surface area contributed by atoms with E-state index in [1.807, 2.05) is 4.90 Å². The zero-order valence-electron chi connectivity index (χ0n) is 26.6. The maximum absolute atomic E-state index is 13.9. The molecule has 4 aliphatic rings. The Kier molecular flexibility index (Phi) is 7.91. The van der Waals surface area contributed by atoms with E-state index in [4.69, 9.17) is 19.2 Å². The summed E-state index contributed by atoms with van der Waals surface area (Å²) in [5.41, 5.74) is 4.35. The van der Waals surface area contributed by atoms with Crippen molar-refractivity contribution in [3.63, 3.8) is 0 Å². The number of rotatable bonds is 9. The Morgan fingerprint density at radius 1 is 0.933 bits per heavy atom. The number of hydrogen-bond acceptors (Lipinski definition) is 6. The van der Waals surface area contributed by atoms with E-state index in [2.05, 4.69) is 64.8 Å². The Labute approximate surface area is 266 Å². The number of ether oxygens (including phenoxy) is 3. The van der Waals surface area contributed by atoms with Crippen molar-refractivity contribution in [2.75, 3.05) is 72.5 Å². The molecule has 4 aliphatic heterocycles. The number of methoxy groups -OCH3 is 3. The van der Waals surface area contributed by atoms with Gasteiger partial charge in [-0.1, -0.05) is 42.5 Å². The molecule has 9 nitrogen and oxygen atoms in total. The van der Waals surface area contributed by atoms with Crippen molar-refractivity contribution < 1.29 is 19.0 Å². The molecule has 3 fully saturated rings. The molecule has 1 N–H and O–H groups in total. The van der Waals surface area contributed by atoms with Crippen molar-refractivity contribution >= 4 is 23.2 Å². The third kappa shape index (κ3) is 5.42. The van der Waals surface area contributed by atoms with E-state index in [1.54, 1.807) is 33.5 Å². The summed E-state index contributed by atoms with van der Waals surface area (Å²) in [5.74, 6) is 2.59. The van der Waals surface area contributed by atoms with Crippen LogP contribution in [0.2, 0.25) is 0 Å². The Morgan fingerprint density at radius 2 is 1.62 bits per heavy atom. The van der Waals surface area contributed by atoms with E-state index in [0.717, 1.165) is 68.8 Å². The van der Waals surface area contributed by atoms with Crippen LogP contribution in [0.4, 0.5) is 11.4 Å². The molecule has 45 heavy (non-hydrogen) atoms. The number of para-hydroxylation sites is 2. The number of likely N-dealkylation sites (tertiary alicyclic amines) is 2. The van der Waals surface area contributed by atoms with Gasteiger partial charge in [0.2, 0.25) is 5.75 Å². The van der Waals surface area contributed by atoms with E-state index < -0.39 is 0 Å². The lowest BCUT2D eigenvalue weighted by molar-refractivity contribution is 0.0779. The Bertz CT molecular complexity index is 1560. The second-order valence-corrected chi connectivity index (χ2v) is 12.9. The SMILES string of the molecule is COc1cc(C(=O)N2CCC(CCN3CCC(N=C4Nc5ccccc5[N+]45CC5)CC3)(c3ccccc3)C2)cc(OC)c1OC. The zero-order chi connectivity index (χ0) is 31.0. The fourth-order valence-electron chi connectivity index (χ4n) is 7.62. The van der Waals surface area contributed by atoms with Gasteiger partial charge in [-0.3, -0.25) is 10.1 Å². The molecular formula is C36H44N5O4+. The van der Waals surface area contributed by atoms with Crippen molar-refractivity contribution in [1.29, 1.82) is 0 Å². The van der Waals surface area contributed by atoms with E-state index in [0.29, 0.717) is 41.9 Å². The Balaban J connectivity index is 1.02. The van der Waals surface area contributed by atoms with E-state index in [9.17, 15) is 4.79 Å². The smallest absolute Gasteiger partial charge is 0.308 e. The maximum atomic E-state index is 13.9. The van der Waals surface area contributed by atoms with Crippen molar-refractivity contribution in [3.05, 3.63) is 77.9 Å². The van der Waals surface area contributed by atoms with Gasteiger partial charge in [0.15, 0.2) is 17.2 Å². The summed E-state index contributed by atoms with van der Waals surface area (Å²) in [6.45, 7) is 6.78. The topological polar surface area (TPSA) is 75.6 Å².